The Morgan fingerprint density at radius 3 is 2.95 bits per heavy atom. The predicted molar refractivity (Wildman–Crippen MR) is 83.3 cm³/mol. The molecule has 5 rings (SSSR count). The van der Waals surface area contributed by atoms with Crippen molar-refractivity contribution in [1.29, 1.82) is 0 Å². The van der Waals surface area contributed by atoms with Crippen molar-refractivity contribution < 1.29 is 14.9 Å². The van der Waals surface area contributed by atoms with Gasteiger partial charge in [-0.05, 0) is 38.1 Å². The number of phenols is 1. The van der Waals surface area contributed by atoms with Crippen LogP contribution in [0.2, 0.25) is 0 Å². The molecule has 5 heteroatoms. The van der Waals surface area contributed by atoms with E-state index in [-0.39, 0.29) is 46.8 Å². The number of hydrogen-bond donors (Lipinski definition) is 2. The third-order valence-electron chi connectivity index (χ3n) is 6.15. The maximum absolute atomic E-state index is 10.4. The minimum atomic E-state index is -0.594. The van der Waals surface area contributed by atoms with Gasteiger partial charge in [-0.1, -0.05) is 18.2 Å². The summed E-state index contributed by atoms with van der Waals surface area (Å²) in [6, 6.07) is 4.23. The second-order valence-electron chi connectivity index (χ2n) is 6.93. The molecule has 0 saturated carbocycles. The van der Waals surface area contributed by atoms with E-state index in [4.69, 9.17) is 4.74 Å². The number of aliphatic hydroxyl groups excluding tert-OH is 1. The van der Waals surface area contributed by atoms with Crippen LogP contribution in [0.5, 0.6) is 11.5 Å². The van der Waals surface area contributed by atoms with Crippen molar-refractivity contribution in [3.05, 3.63) is 35.4 Å². The Hall–Kier alpha value is -0.520. The van der Waals surface area contributed by atoms with Gasteiger partial charge in [0.05, 0.1) is 0 Å². The summed E-state index contributed by atoms with van der Waals surface area (Å²) in [5, 5.41) is 20.6. The molecule has 22 heavy (non-hydrogen) atoms. The van der Waals surface area contributed by atoms with Crippen LogP contribution in [0, 0.1) is 5.92 Å². The van der Waals surface area contributed by atoms with Crippen LogP contribution >= 0.6 is 0 Å². The van der Waals surface area contributed by atoms with E-state index in [9.17, 15) is 10.2 Å². The van der Waals surface area contributed by atoms with E-state index < -0.39 is 6.10 Å². The molecule has 1 radical (unpaired) electrons. The number of likely N-dealkylation sites (tertiary alicyclic amines) is 1. The predicted octanol–water partition coefficient (Wildman–Crippen LogP) is 0.817. The Morgan fingerprint density at radius 2 is 2.14 bits per heavy atom. The standard InChI is InChI=1S/C17H19NO3.Na/c1-18-7-6-17-10-3-5-13(20)16(17)21-15-12(19)4-2-9(14(15)17)8-11(10)18;/h2-5,10-11,13,16,19-20H,6-8H2,1H3;/t10-,11+,13-,16-,17-;/m0./s1. The molecule has 1 spiro atoms. The van der Waals surface area contributed by atoms with E-state index in [0.29, 0.717) is 17.7 Å². The molecule has 2 bridgehead atoms. The quantitative estimate of drug-likeness (QED) is 0.550. The number of aliphatic hydroxyl groups is 1. The Kier molecular flexibility index (Phi) is 3.24. The Bertz CT molecular complexity index is 676. The smallest absolute Gasteiger partial charge is 0.165 e. The van der Waals surface area contributed by atoms with Gasteiger partial charge < -0.3 is 19.8 Å². The summed E-state index contributed by atoms with van der Waals surface area (Å²) in [6.45, 7) is 1.01. The zero-order valence-corrected chi connectivity index (χ0v) is 15.0. The monoisotopic (exact) mass is 308 g/mol. The number of ether oxygens (including phenoxy) is 1. The molecule has 2 N–H and O–H groups in total. The molecule has 1 aromatic carbocycles. The topological polar surface area (TPSA) is 52.9 Å². The first-order chi connectivity index (χ1) is 10.1. The van der Waals surface area contributed by atoms with Gasteiger partial charge in [-0.25, -0.2) is 0 Å². The van der Waals surface area contributed by atoms with Gasteiger partial charge in [0.25, 0.3) is 0 Å². The van der Waals surface area contributed by atoms with Crippen LogP contribution in [-0.4, -0.2) is 76.5 Å². The number of nitrogens with zero attached hydrogens (tertiary/aromatic N) is 1. The van der Waals surface area contributed by atoms with Crippen molar-refractivity contribution in [1.82, 2.24) is 4.90 Å². The van der Waals surface area contributed by atoms with Crippen LogP contribution in [0.4, 0.5) is 0 Å². The van der Waals surface area contributed by atoms with Gasteiger partial charge >= 0.3 is 0 Å². The maximum Gasteiger partial charge on any atom is 0.165 e. The van der Waals surface area contributed by atoms with Gasteiger partial charge in [-0.3, -0.25) is 0 Å². The first-order valence-corrected chi connectivity index (χ1v) is 7.71. The molecule has 2 aliphatic carbocycles. The van der Waals surface area contributed by atoms with Crippen LogP contribution in [-0.2, 0) is 11.8 Å². The SMILES string of the molecule is CN1CC[C@]23c4c5ccc(O)c4O[C@H]2[C@@H](O)C=C[C@H]3[C@H]1C5.[Na]. The summed E-state index contributed by atoms with van der Waals surface area (Å²) >= 11 is 0. The molecule has 2 aliphatic heterocycles. The van der Waals surface area contributed by atoms with Crippen molar-refractivity contribution in [3.8, 4) is 11.5 Å². The first kappa shape index (κ1) is 15.0. The van der Waals surface area contributed by atoms with E-state index in [1.54, 1.807) is 6.07 Å². The summed E-state index contributed by atoms with van der Waals surface area (Å²) in [5.74, 6) is 1.19. The van der Waals surface area contributed by atoms with Crippen LogP contribution in [0.3, 0.4) is 0 Å². The molecule has 5 atom stereocenters. The van der Waals surface area contributed by atoms with Gasteiger partial charge in [0, 0.05) is 52.5 Å². The van der Waals surface area contributed by atoms with E-state index in [1.165, 1.54) is 11.1 Å². The minimum Gasteiger partial charge on any atom is -0.504 e. The molecule has 0 unspecified atom stereocenters. The number of hydrogen-bond acceptors (Lipinski definition) is 4. The normalized spacial score (nSPS) is 40.6. The fourth-order valence-corrected chi connectivity index (χ4v) is 5.24. The molecule has 0 amide bonds. The third kappa shape index (κ3) is 1.55. The molecule has 2 heterocycles. The Balaban J connectivity index is 0.00000125. The summed E-state index contributed by atoms with van der Waals surface area (Å²) < 4.78 is 6.09. The number of phenolic OH excluding ortho intramolecular Hbond substituents is 1. The largest absolute Gasteiger partial charge is 0.504 e. The number of piperidine rings is 1. The fraction of sp³-hybridized carbons (Fsp3) is 0.529. The fourth-order valence-electron chi connectivity index (χ4n) is 5.24. The average molecular weight is 308 g/mol. The van der Waals surface area contributed by atoms with Gasteiger partial charge in [0.15, 0.2) is 11.5 Å². The summed E-state index contributed by atoms with van der Waals surface area (Å²) in [6.07, 6.45) is 5.18. The van der Waals surface area contributed by atoms with E-state index in [2.05, 4.69) is 18.0 Å². The molecule has 0 aromatic heterocycles. The zero-order chi connectivity index (χ0) is 14.4. The molecule has 1 aromatic rings. The zero-order valence-electron chi connectivity index (χ0n) is 13.0. The Morgan fingerprint density at radius 1 is 1.32 bits per heavy atom. The third-order valence-corrected chi connectivity index (χ3v) is 6.15. The number of rotatable bonds is 0. The maximum atomic E-state index is 10.4. The molecular formula is C17H19NNaO3. The van der Waals surface area contributed by atoms with Crippen LogP contribution in [0.15, 0.2) is 24.3 Å². The van der Waals surface area contributed by atoms with Crippen molar-refractivity contribution in [2.45, 2.75) is 36.5 Å². The van der Waals surface area contributed by atoms with E-state index in [1.807, 2.05) is 12.1 Å². The van der Waals surface area contributed by atoms with Crippen LogP contribution < -0.4 is 4.74 Å². The van der Waals surface area contributed by atoms with Gasteiger partial charge in [0.2, 0.25) is 0 Å². The minimum absolute atomic E-state index is 0. The van der Waals surface area contributed by atoms with Crippen LogP contribution in [0.1, 0.15) is 17.5 Å². The van der Waals surface area contributed by atoms with Gasteiger partial charge in [0.1, 0.15) is 12.2 Å². The van der Waals surface area contributed by atoms with Crippen molar-refractivity contribution >= 4 is 29.6 Å². The summed E-state index contributed by atoms with van der Waals surface area (Å²) in [5.41, 5.74) is 2.29. The van der Waals surface area contributed by atoms with Crippen molar-refractivity contribution in [2.75, 3.05) is 13.6 Å². The number of benzene rings is 1. The second-order valence-corrected chi connectivity index (χ2v) is 6.93. The van der Waals surface area contributed by atoms with Gasteiger partial charge in [-0.2, -0.15) is 0 Å². The van der Waals surface area contributed by atoms with Crippen molar-refractivity contribution in [2.24, 2.45) is 5.92 Å². The number of likely N-dealkylation sites (N-methyl/N-ethyl adjacent to an activating group) is 1. The first-order valence-electron chi connectivity index (χ1n) is 7.71. The van der Waals surface area contributed by atoms with Gasteiger partial charge in [-0.15, -0.1) is 0 Å². The molecule has 4 aliphatic rings. The number of aromatic hydroxyl groups is 1. The van der Waals surface area contributed by atoms with E-state index >= 15 is 0 Å². The van der Waals surface area contributed by atoms with Crippen LogP contribution in [0.25, 0.3) is 0 Å². The molecule has 1 fully saturated rings. The summed E-state index contributed by atoms with van der Waals surface area (Å²) in [4.78, 5) is 2.43. The average Bonchev–Trinajstić information content (AvgIpc) is 2.83. The molecule has 111 valence electrons. The Labute approximate surface area is 152 Å². The van der Waals surface area contributed by atoms with E-state index in [0.717, 1.165) is 19.4 Å². The molecular weight excluding hydrogens is 289 g/mol. The van der Waals surface area contributed by atoms with Crippen molar-refractivity contribution in [3.63, 3.8) is 0 Å². The summed E-state index contributed by atoms with van der Waals surface area (Å²) in [7, 11) is 2.19. The molecule has 4 nitrogen and oxygen atoms in total. The second kappa shape index (κ2) is 4.74. The molecule has 1 saturated heterocycles.